The van der Waals surface area contributed by atoms with Crippen LogP contribution in [0.15, 0.2) is 36.5 Å². The molecule has 0 saturated carbocycles. The van der Waals surface area contributed by atoms with Gasteiger partial charge in [-0.25, -0.2) is 0 Å². The van der Waals surface area contributed by atoms with E-state index in [1.807, 2.05) is 30.3 Å². The predicted molar refractivity (Wildman–Crippen MR) is 76.0 cm³/mol. The fraction of sp³-hybridized carbons (Fsp3) is 0.333. The van der Waals surface area contributed by atoms with Gasteiger partial charge >= 0.3 is 0 Å². The second kappa shape index (κ2) is 5.36. The normalized spacial score (nSPS) is 18.6. The number of benzene rings is 1. The minimum absolute atomic E-state index is 0.0944. The standard InChI is InChI=1S/C15H17N3O/c19-15(8-11-5-7-16-10-11)18-13-3-4-14-12(9-13)2-1-6-17-14/h1-4,6,9,11,16H,5,7-8,10H2,(H,18,19). The molecule has 1 atom stereocenters. The first-order chi connectivity index (χ1) is 9.31. The lowest BCUT2D eigenvalue weighted by Crippen LogP contribution is -2.18. The molecule has 19 heavy (non-hydrogen) atoms. The highest BCUT2D eigenvalue weighted by molar-refractivity contribution is 5.93. The van der Waals surface area contributed by atoms with Crippen LogP contribution < -0.4 is 10.6 Å². The zero-order valence-electron chi connectivity index (χ0n) is 10.7. The number of pyridine rings is 1. The number of carbonyl (C=O) groups excluding carboxylic acids is 1. The van der Waals surface area contributed by atoms with Gasteiger partial charge in [-0.1, -0.05) is 6.07 Å². The van der Waals surface area contributed by atoms with Crippen LogP contribution in [0.25, 0.3) is 10.9 Å². The molecular formula is C15H17N3O. The van der Waals surface area contributed by atoms with Gasteiger partial charge in [0.2, 0.25) is 5.91 Å². The molecule has 1 fully saturated rings. The number of hydrogen-bond acceptors (Lipinski definition) is 3. The molecule has 0 spiro atoms. The lowest BCUT2D eigenvalue weighted by Gasteiger charge is -2.09. The fourth-order valence-electron chi connectivity index (χ4n) is 2.52. The lowest BCUT2D eigenvalue weighted by molar-refractivity contribution is -0.116. The molecule has 1 aliphatic rings. The van der Waals surface area contributed by atoms with E-state index in [1.54, 1.807) is 6.20 Å². The number of nitrogens with one attached hydrogen (secondary N) is 2. The summed E-state index contributed by atoms with van der Waals surface area (Å²) < 4.78 is 0. The van der Waals surface area contributed by atoms with Gasteiger partial charge in [0.1, 0.15) is 0 Å². The van der Waals surface area contributed by atoms with Crippen LogP contribution in [0.5, 0.6) is 0 Å². The number of rotatable bonds is 3. The Bertz CT molecular complexity index is 591. The maximum Gasteiger partial charge on any atom is 0.224 e. The Morgan fingerprint density at radius 2 is 2.37 bits per heavy atom. The molecule has 2 heterocycles. The second-order valence-corrected chi connectivity index (χ2v) is 5.02. The molecule has 0 radical (unpaired) electrons. The van der Waals surface area contributed by atoms with Gasteiger partial charge in [-0.05, 0) is 49.7 Å². The number of amides is 1. The zero-order chi connectivity index (χ0) is 13.1. The van der Waals surface area contributed by atoms with Crippen molar-refractivity contribution in [2.45, 2.75) is 12.8 Å². The van der Waals surface area contributed by atoms with E-state index in [4.69, 9.17) is 0 Å². The number of carbonyl (C=O) groups is 1. The number of nitrogens with zero attached hydrogens (tertiary/aromatic N) is 1. The van der Waals surface area contributed by atoms with Crippen molar-refractivity contribution >= 4 is 22.5 Å². The summed E-state index contributed by atoms with van der Waals surface area (Å²) in [4.78, 5) is 16.2. The van der Waals surface area contributed by atoms with Crippen molar-refractivity contribution in [2.75, 3.05) is 18.4 Å². The summed E-state index contributed by atoms with van der Waals surface area (Å²) in [6.45, 7) is 1.98. The SMILES string of the molecule is O=C(CC1CCNC1)Nc1ccc2ncccc2c1. The van der Waals surface area contributed by atoms with Crippen molar-refractivity contribution in [3.8, 4) is 0 Å². The first kappa shape index (κ1) is 12.1. The third-order valence-corrected chi connectivity index (χ3v) is 3.52. The van der Waals surface area contributed by atoms with E-state index in [0.29, 0.717) is 12.3 Å². The third-order valence-electron chi connectivity index (χ3n) is 3.52. The molecule has 1 aromatic carbocycles. The Labute approximate surface area is 112 Å². The number of hydrogen-bond donors (Lipinski definition) is 2. The average molecular weight is 255 g/mol. The first-order valence-corrected chi connectivity index (χ1v) is 6.66. The van der Waals surface area contributed by atoms with Crippen LogP contribution in [0.2, 0.25) is 0 Å². The molecule has 1 aliphatic heterocycles. The van der Waals surface area contributed by atoms with Gasteiger partial charge in [0.15, 0.2) is 0 Å². The predicted octanol–water partition coefficient (Wildman–Crippen LogP) is 2.17. The Hall–Kier alpha value is -1.94. The largest absolute Gasteiger partial charge is 0.326 e. The summed E-state index contributed by atoms with van der Waals surface area (Å²) in [5, 5.41) is 7.29. The fourth-order valence-corrected chi connectivity index (χ4v) is 2.52. The summed E-state index contributed by atoms with van der Waals surface area (Å²) in [7, 11) is 0. The van der Waals surface area contributed by atoms with Crippen molar-refractivity contribution in [3.05, 3.63) is 36.5 Å². The first-order valence-electron chi connectivity index (χ1n) is 6.66. The Kier molecular flexibility index (Phi) is 3.42. The molecule has 4 heteroatoms. The van der Waals surface area contributed by atoms with E-state index in [0.717, 1.165) is 36.1 Å². The van der Waals surface area contributed by atoms with Gasteiger partial charge in [0.25, 0.3) is 0 Å². The van der Waals surface area contributed by atoms with Gasteiger partial charge in [-0.15, -0.1) is 0 Å². The minimum Gasteiger partial charge on any atom is -0.326 e. The average Bonchev–Trinajstić information content (AvgIpc) is 2.91. The molecule has 98 valence electrons. The van der Waals surface area contributed by atoms with Crippen LogP contribution in [-0.2, 0) is 4.79 Å². The zero-order valence-corrected chi connectivity index (χ0v) is 10.7. The highest BCUT2D eigenvalue weighted by Crippen LogP contribution is 2.18. The lowest BCUT2D eigenvalue weighted by atomic mass is 10.0. The van der Waals surface area contributed by atoms with Gasteiger partial charge in [0, 0.05) is 23.7 Å². The van der Waals surface area contributed by atoms with Crippen LogP contribution in [0.1, 0.15) is 12.8 Å². The van der Waals surface area contributed by atoms with E-state index >= 15 is 0 Å². The molecule has 1 saturated heterocycles. The van der Waals surface area contributed by atoms with Crippen molar-refractivity contribution < 1.29 is 4.79 Å². The highest BCUT2D eigenvalue weighted by Gasteiger charge is 2.17. The van der Waals surface area contributed by atoms with E-state index in [2.05, 4.69) is 15.6 Å². The van der Waals surface area contributed by atoms with Crippen LogP contribution in [0, 0.1) is 5.92 Å². The molecule has 4 nitrogen and oxygen atoms in total. The summed E-state index contributed by atoms with van der Waals surface area (Å²) in [5.41, 5.74) is 1.79. The molecule has 1 aromatic heterocycles. The van der Waals surface area contributed by atoms with Gasteiger partial charge in [-0.3, -0.25) is 9.78 Å². The summed E-state index contributed by atoms with van der Waals surface area (Å²) in [6, 6.07) is 9.70. The Morgan fingerprint density at radius 3 is 3.21 bits per heavy atom. The molecule has 3 rings (SSSR count). The maximum absolute atomic E-state index is 11.9. The van der Waals surface area contributed by atoms with E-state index in [-0.39, 0.29) is 5.91 Å². The van der Waals surface area contributed by atoms with Crippen LogP contribution in [0.4, 0.5) is 5.69 Å². The van der Waals surface area contributed by atoms with Gasteiger partial charge in [0.05, 0.1) is 5.52 Å². The van der Waals surface area contributed by atoms with Crippen molar-refractivity contribution in [1.29, 1.82) is 0 Å². The van der Waals surface area contributed by atoms with Crippen molar-refractivity contribution in [1.82, 2.24) is 10.3 Å². The van der Waals surface area contributed by atoms with Crippen LogP contribution >= 0.6 is 0 Å². The van der Waals surface area contributed by atoms with Crippen molar-refractivity contribution in [2.24, 2.45) is 5.92 Å². The molecule has 1 amide bonds. The quantitative estimate of drug-likeness (QED) is 0.883. The Morgan fingerprint density at radius 1 is 1.42 bits per heavy atom. The summed E-state index contributed by atoms with van der Waals surface area (Å²) >= 11 is 0. The highest BCUT2D eigenvalue weighted by atomic mass is 16.1. The molecule has 2 aromatic rings. The Balaban J connectivity index is 1.68. The monoisotopic (exact) mass is 255 g/mol. The molecule has 2 N–H and O–H groups in total. The van der Waals surface area contributed by atoms with E-state index < -0.39 is 0 Å². The summed E-state index contributed by atoms with van der Waals surface area (Å²) in [5.74, 6) is 0.569. The number of anilines is 1. The topological polar surface area (TPSA) is 54.0 Å². The second-order valence-electron chi connectivity index (χ2n) is 5.02. The maximum atomic E-state index is 11.9. The van der Waals surface area contributed by atoms with Crippen LogP contribution in [0.3, 0.4) is 0 Å². The number of aromatic nitrogens is 1. The van der Waals surface area contributed by atoms with Crippen molar-refractivity contribution in [3.63, 3.8) is 0 Å². The summed E-state index contributed by atoms with van der Waals surface area (Å²) in [6.07, 6.45) is 3.46. The third kappa shape index (κ3) is 2.90. The van der Waals surface area contributed by atoms with Gasteiger partial charge in [-0.2, -0.15) is 0 Å². The molecule has 1 unspecified atom stereocenters. The van der Waals surface area contributed by atoms with Gasteiger partial charge < -0.3 is 10.6 Å². The van der Waals surface area contributed by atoms with E-state index in [9.17, 15) is 4.79 Å². The molecule has 0 aliphatic carbocycles. The molecular weight excluding hydrogens is 238 g/mol. The molecule has 0 bridgehead atoms. The number of fused-ring (bicyclic) bond motifs is 1. The smallest absolute Gasteiger partial charge is 0.224 e. The van der Waals surface area contributed by atoms with Crippen LogP contribution in [-0.4, -0.2) is 24.0 Å². The minimum atomic E-state index is 0.0944. The van der Waals surface area contributed by atoms with E-state index in [1.165, 1.54) is 0 Å².